The molecule has 1 aliphatic rings. The predicted molar refractivity (Wildman–Crippen MR) is 289 cm³/mol. The van der Waals surface area contributed by atoms with Gasteiger partial charge in [0.1, 0.15) is 28.0 Å². The number of esters is 5. The molecular formula is C59H116O10. The summed E-state index contributed by atoms with van der Waals surface area (Å²) in [6, 6.07) is 0. The summed E-state index contributed by atoms with van der Waals surface area (Å²) in [5, 5.41) is 0. The first kappa shape index (κ1) is 72.9. The lowest BCUT2D eigenvalue weighted by Crippen LogP contribution is -2.39. The van der Waals surface area contributed by atoms with Gasteiger partial charge >= 0.3 is 29.8 Å². The van der Waals surface area contributed by atoms with Crippen molar-refractivity contribution >= 4 is 29.8 Å². The van der Waals surface area contributed by atoms with E-state index >= 15 is 0 Å². The van der Waals surface area contributed by atoms with Crippen molar-refractivity contribution in [1.29, 1.82) is 0 Å². The Labute approximate surface area is 427 Å². The van der Waals surface area contributed by atoms with Gasteiger partial charge in [-0.05, 0) is 215 Å². The van der Waals surface area contributed by atoms with Crippen LogP contribution in [0, 0.1) is 33.0 Å². The van der Waals surface area contributed by atoms with Crippen molar-refractivity contribution in [2.45, 2.75) is 319 Å². The Balaban J connectivity index is -0.000000384. The predicted octanol–water partition coefficient (Wildman–Crippen LogP) is 16.9. The normalized spacial score (nSPS) is 14.2. The molecule has 1 rings (SSSR count). The zero-order valence-electron chi connectivity index (χ0n) is 51.1. The SMILES string of the molecule is CCC(C)(C)C(=O)OC(C)(C)C.CCC(C)(C)C(=O)OC(C)(C)C1CCCC1.CCC(C)(C)OC(=O)C(C)(C)CC.CCC(C)(CC)OC(=O)C(C)(C)CC.CCCC(C)(C)OC(=O)C(C)(C)CC. The summed E-state index contributed by atoms with van der Waals surface area (Å²) < 4.78 is 27.4. The molecule has 10 heteroatoms. The molecule has 0 aliphatic heterocycles. The molecule has 0 aromatic heterocycles. The maximum absolute atomic E-state index is 12.0. The van der Waals surface area contributed by atoms with E-state index in [2.05, 4.69) is 34.6 Å². The first-order chi connectivity index (χ1) is 30.8. The Hall–Kier alpha value is -2.65. The van der Waals surface area contributed by atoms with Gasteiger partial charge in [-0.25, -0.2) is 0 Å². The van der Waals surface area contributed by atoms with Gasteiger partial charge in [-0.3, -0.25) is 24.0 Å². The molecule has 0 N–H and O–H groups in total. The van der Waals surface area contributed by atoms with Crippen LogP contribution in [0.25, 0.3) is 0 Å². The zero-order valence-corrected chi connectivity index (χ0v) is 51.1. The third kappa shape index (κ3) is 30.1. The van der Waals surface area contributed by atoms with E-state index in [-0.39, 0.29) is 84.9 Å². The Morgan fingerprint density at radius 3 is 0.884 bits per heavy atom. The first-order valence-electron chi connectivity index (χ1n) is 27.0. The van der Waals surface area contributed by atoms with Gasteiger partial charge in [0.25, 0.3) is 0 Å². The fourth-order valence-electron chi connectivity index (χ4n) is 5.48. The number of rotatable bonds is 20. The Kier molecular flexibility index (Phi) is 32.1. The van der Waals surface area contributed by atoms with Crippen LogP contribution >= 0.6 is 0 Å². The lowest BCUT2D eigenvalue weighted by Gasteiger charge is -2.34. The summed E-state index contributed by atoms with van der Waals surface area (Å²) in [6.45, 7) is 57.1. The van der Waals surface area contributed by atoms with E-state index in [1.54, 1.807) is 0 Å². The molecule has 1 fully saturated rings. The molecule has 0 atom stereocenters. The highest BCUT2D eigenvalue weighted by molar-refractivity contribution is 5.78. The average molecular weight is 986 g/mol. The summed E-state index contributed by atoms with van der Waals surface area (Å²) in [5.41, 5.74) is -3.37. The summed E-state index contributed by atoms with van der Waals surface area (Å²) in [7, 11) is 0. The van der Waals surface area contributed by atoms with Crippen molar-refractivity contribution < 1.29 is 47.7 Å². The smallest absolute Gasteiger partial charge is 0.312 e. The highest BCUT2D eigenvalue weighted by Gasteiger charge is 2.39. The number of carbonyl (C=O) groups excluding carboxylic acids is 5. The fourth-order valence-corrected chi connectivity index (χ4v) is 5.48. The molecule has 412 valence electrons. The molecule has 0 heterocycles. The van der Waals surface area contributed by atoms with Gasteiger partial charge in [0.05, 0.1) is 27.1 Å². The number of ether oxygens (including phenoxy) is 5. The van der Waals surface area contributed by atoms with Gasteiger partial charge in [-0.15, -0.1) is 0 Å². The van der Waals surface area contributed by atoms with Crippen molar-refractivity contribution in [1.82, 2.24) is 0 Å². The molecule has 69 heavy (non-hydrogen) atoms. The number of carbonyl (C=O) groups is 5. The standard InChI is InChI=1S/C14H26O2.2C12H24O2.C11H22O2.C10H20O2/c1-6-13(2,3)12(15)16-14(4,5)11-9-7-8-10-11;1-7-9-12(5,6)14-10(13)11(3,4)8-2;1-7-11(4,5)10(13)14-12(6,8-2)9-3;1-7-10(3,4)9(12)13-11(5,6)8-2;1-7-10(5,6)8(11)12-9(2,3)4/h11H,6-10H2,1-5H3;2*7-9H2,1-6H3;7-8H2,1-6H3;7H2,1-6H3. The van der Waals surface area contributed by atoms with E-state index in [0.29, 0.717) is 5.92 Å². The third-order valence-electron chi connectivity index (χ3n) is 14.6. The third-order valence-corrected chi connectivity index (χ3v) is 14.6. The van der Waals surface area contributed by atoms with Crippen LogP contribution < -0.4 is 0 Å². The molecular weight excluding hydrogens is 869 g/mol. The van der Waals surface area contributed by atoms with E-state index in [4.69, 9.17) is 23.7 Å². The molecule has 0 aromatic rings. The molecule has 0 unspecified atom stereocenters. The van der Waals surface area contributed by atoms with Crippen LogP contribution in [-0.2, 0) is 47.7 Å². The van der Waals surface area contributed by atoms with Crippen LogP contribution in [0.2, 0.25) is 0 Å². The fraction of sp³-hybridized carbons (Fsp3) is 0.915. The Morgan fingerprint density at radius 2 is 0.623 bits per heavy atom. The summed E-state index contributed by atoms with van der Waals surface area (Å²) >= 11 is 0. The van der Waals surface area contributed by atoms with Gasteiger partial charge in [0.2, 0.25) is 0 Å². The summed E-state index contributed by atoms with van der Waals surface area (Å²) in [4.78, 5) is 58.8. The van der Waals surface area contributed by atoms with Gasteiger partial charge < -0.3 is 23.7 Å². The second-order valence-electron chi connectivity index (χ2n) is 25.6. The molecule has 0 bridgehead atoms. The van der Waals surface area contributed by atoms with Crippen LogP contribution in [-0.4, -0.2) is 57.9 Å². The topological polar surface area (TPSA) is 132 Å². The van der Waals surface area contributed by atoms with Crippen molar-refractivity contribution in [2.24, 2.45) is 33.0 Å². The van der Waals surface area contributed by atoms with Crippen LogP contribution in [0.5, 0.6) is 0 Å². The molecule has 1 saturated carbocycles. The maximum atomic E-state index is 12.0. The monoisotopic (exact) mass is 985 g/mol. The Bertz CT molecular complexity index is 1490. The molecule has 0 aromatic carbocycles. The second kappa shape index (κ2) is 30.4. The van der Waals surface area contributed by atoms with Crippen molar-refractivity contribution in [3.63, 3.8) is 0 Å². The lowest BCUT2D eigenvalue weighted by atomic mass is 9.87. The Morgan fingerprint density at radius 1 is 0.348 bits per heavy atom. The van der Waals surface area contributed by atoms with Crippen molar-refractivity contribution in [3.8, 4) is 0 Å². The van der Waals surface area contributed by atoms with E-state index in [1.807, 2.05) is 166 Å². The number of hydrogen-bond donors (Lipinski definition) is 0. The van der Waals surface area contributed by atoms with Crippen LogP contribution in [0.1, 0.15) is 291 Å². The van der Waals surface area contributed by atoms with E-state index in [1.165, 1.54) is 25.7 Å². The minimum Gasteiger partial charge on any atom is -0.460 e. The van der Waals surface area contributed by atoms with Crippen LogP contribution in [0.15, 0.2) is 0 Å². The molecule has 10 nitrogen and oxygen atoms in total. The molecule has 0 radical (unpaired) electrons. The first-order valence-corrected chi connectivity index (χ1v) is 27.0. The van der Waals surface area contributed by atoms with Gasteiger partial charge in [-0.2, -0.15) is 0 Å². The molecule has 0 amide bonds. The quantitative estimate of drug-likeness (QED) is 0.0858. The van der Waals surface area contributed by atoms with Crippen LogP contribution in [0.4, 0.5) is 0 Å². The highest BCUT2D eigenvalue weighted by Crippen LogP contribution is 2.38. The van der Waals surface area contributed by atoms with E-state index in [9.17, 15) is 24.0 Å². The maximum Gasteiger partial charge on any atom is 0.312 e. The average Bonchev–Trinajstić information content (AvgIpc) is 3.80. The second-order valence-corrected chi connectivity index (χ2v) is 25.6. The summed E-state index contributed by atoms with van der Waals surface area (Å²) in [5.74, 6) is 0.125. The lowest BCUT2D eigenvalue weighted by molar-refractivity contribution is -0.173. The van der Waals surface area contributed by atoms with Gasteiger partial charge in [-0.1, -0.05) is 81.6 Å². The van der Waals surface area contributed by atoms with Crippen molar-refractivity contribution in [2.75, 3.05) is 0 Å². The molecule has 1 aliphatic carbocycles. The largest absolute Gasteiger partial charge is 0.460 e. The number of hydrogen-bond acceptors (Lipinski definition) is 10. The van der Waals surface area contributed by atoms with Gasteiger partial charge in [0.15, 0.2) is 0 Å². The minimum atomic E-state index is -0.372. The molecule has 0 spiro atoms. The zero-order chi connectivity index (χ0) is 55.9. The van der Waals surface area contributed by atoms with E-state index in [0.717, 1.165) is 64.2 Å². The van der Waals surface area contributed by atoms with Crippen LogP contribution in [0.3, 0.4) is 0 Å². The van der Waals surface area contributed by atoms with Crippen molar-refractivity contribution in [3.05, 3.63) is 0 Å². The van der Waals surface area contributed by atoms with E-state index < -0.39 is 0 Å². The minimum absolute atomic E-state index is 0.0492. The highest BCUT2D eigenvalue weighted by atomic mass is 16.6. The molecule has 0 saturated heterocycles. The van der Waals surface area contributed by atoms with Gasteiger partial charge in [0, 0.05) is 0 Å². The summed E-state index contributed by atoms with van der Waals surface area (Å²) in [6.07, 6.45) is 13.6.